The molecular weight excluding hydrogens is 286 g/mol. The Labute approximate surface area is 128 Å². The van der Waals surface area contributed by atoms with Crippen molar-refractivity contribution in [2.45, 2.75) is 83.4 Å². The summed E-state index contributed by atoms with van der Waals surface area (Å²) in [4.78, 5) is 0. The van der Waals surface area contributed by atoms with Gasteiger partial charge in [0.25, 0.3) is 0 Å². The minimum Gasteiger partial charge on any atom is -0.413 e. The molecule has 0 saturated heterocycles. The first-order valence-corrected chi connectivity index (χ1v) is 11.4. The molecule has 1 aliphatic rings. The number of hydrogen-bond donors (Lipinski definition) is 1. The summed E-state index contributed by atoms with van der Waals surface area (Å²) in [5.41, 5.74) is 1.31. The van der Waals surface area contributed by atoms with Crippen molar-refractivity contribution in [3.8, 4) is 0 Å². The Morgan fingerprint density at radius 3 is 2.10 bits per heavy atom. The predicted molar refractivity (Wildman–Crippen MR) is 90.4 cm³/mol. The van der Waals surface area contributed by atoms with Gasteiger partial charge in [0.15, 0.2) is 8.32 Å². The summed E-state index contributed by atoms with van der Waals surface area (Å²) in [6, 6.07) is 0. The van der Waals surface area contributed by atoms with E-state index in [1.807, 2.05) is 27.0 Å². The molecular formula is C15H31NO2SSi. The highest BCUT2D eigenvalue weighted by Crippen LogP contribution is 2.41. The van der Waals surface area contributed by atoms with Crippen molar-refractivity contribution in [3.05, 3.63) is 11.8 Å². The van der Waals surface area contributed by atoms with E-state index in [1.54, 1.807) is 0 Å². The quantitative estimate of drug-likeness (QED) is 0.793. The van der Waals surface area contributed by atoms with Gasteiger partial charge in [0.1, 0.15) is 11.0 Å². The molecule has 5 heteroatoms. The van der Waals surface area contributed by atoms with Crippen LogP contribution >= 0.6 is 0 Å². The summed E-state index contributed by atoms with van der Waals surface area (Å²) in [5.74, 6) is 0. The molecule has 0 amide bonds. The zero-order valence-corrected chi connectivity index (χ0v) is 16.1. The first-order valence-electron chi connectivity index (χ1n) is 7.37. The maximum absolute atomic E-state index is 11.9. The standard InChI is InChI=1S/C15H31NO2SSi/c1-14(2,3)19(17)16-11-12-9-13(10-12)18-20(7,8)15(4,5)6/h11,13,16H,9-10H2,1-8H3. The van der Waals surface area contributed by atoms with E-state index in [0.29, 0.717) is 6.10 Å². The van der Waals surface area contributed by atoms with Crippen molar-refractivity contribution < 1.29 is 8.63 Å². The van der Waals surface area contributed by atoms with Crippen LogP contribution in [0.3, 0.4) is 0 Å². The normalized spacial score (nSPS) is 22.2. The van der Waals surface area contributed by atoms with Gasteiger partial charge in [-0.2, -0.15) is 0 Å². The van der Waals surface area contributed by atoms with Gasteiger partial charge in [-0.05, 0) is 57.3 Å². The molecule has 0 aromatic rings. The number of rotatable bonds is 4. The van der Waals surface area contributed by atoms with Gasteiger partial charge < -0.3 is 9.15 Å². The molecule has 0 bridgehead atoms. The zero-order valence-electron chi connectivity index (χ0n) is 14.3. The monoisotopic (exact) mass is 317 g/mol. The van der Waals surface area contributed by atoms with E-state index in [-0.39, 0.29) is 9.79 Å². The summed E-state index contributed by atoms with van der Waals surface area (Å²) >= 11 is 0. The SMILES string of the molecule is CC(C)(C)S(=O)NC=C1CC(O[Si](C)(C)C(C)(C)C)C1. The lowest BCUT2D eigenvalue weighted by Gasteiger charge is -2.42. The fraction of sp³-hybridized carbons (Fsp3) is 0.867. The van der Waals surface area contributed by atoms with Crippen LogP contribution in [0.15, 0.2) is 11.8 Å². The molecule has 0 aromatic heterocycles. The molecule has 0 radical (unpaired) electrons. The van der Waals surface area contributed by atoms with Gasteiger partial charge in [0, 0.05) is 6.20 Å². The molecule has 1 saturated carbocycles. The highest BCUT2D eigenvalue weighted by Gasteiger charge is 2.41. The maximum atomic E-state index is 11.9. The lowest BCUT2D eigenvalue weighted by atomic mass is 9.90. The van der Waals surface area contributed by atoms with Crippen molar-refractivity contribution in [2.75, 3.05) is 0 Å². The summed E-state index contributed by atoms with van der Waals surface area (Å²) < 4.78 is 21.0. The minimum absolute atomic E-state index is 0.224. The van der Waals surface area contributed by atoms with Crippen molar-refractivity contribution in [1.82, 2.24) is 4.72 Å². The molecule has 1 aliphatic carbocycles. The van der Waals surface area contributed by atoms with E-state index in [0.717, 1.165) is 12.8 Å². The number of nitrogens with one attached hydrogen (secondary N) is 1. The van der Waals surface area contributed by atoms with Crippen LogP contribution in [0.2, 0.25) is 18.1 Å². The van der Waals surface area contributed by atoms with Crippen LogP contribution in [0.1, 0.15) is 54.4 Å². The maximum Gasteiger partial charge on any atom is 0.192 e. The van der Waals surface area contributed by atoms with Crippen LogP contribution in [-0.4, -0.2) is 23.4 Å². The Balaban J connectivity index is 2.42. The Kier molecular flexibility index (Phi) is 5.31. The Morgan fingerprint density at radius 2 is 1.70 bits per heavy atom. The molecule has 3 nitrogen and oxygen atoms in total. The van der Waals surface area contributed by atoms with Crippen LogP contribution in [0.5, 0.6) is 0 Å². The van der Waals surface area contributed by atoms with Gasteiger partial charge in [0.2, 0.25) is 0 Å². The van der Waals surface area contributed by atoms with Crippen LogP contribution in [0.25, 0.3) is 0 Å². The molecule has 1 rings (SSSR count). The summed E-state index contributed by atoms with van der Waals surface area (Å²) in [5, 5.41) is 0.262. The first kappa shape index (κ1) is 17.9. The van der Waals surface area contributed by atoms with Crippen LogP contribution in [0.4, 0.5) is 0 Å². The van der Waals surface area contributed by atoms with Gasteiger partial charge >= 0.3 is 0 Å². The predicted octanol–water partition coefficient (Wildman–Crippen LogP) is 4.11. The lowest BCUT2D eigenvalue weighted by molar-refractivity contribution is 0.143. The molecule has 0 aliphatic heterocycles. The molecule has 118 valence electrons. The Morgan fingerprint density at radius 1 is 1.20 bits per heavy atom. The second-order valence-electron chi connectivity index (χ2n) is 8.21. The van der Waals surface area contributed by atoms with Gasteiger partial charge in [0.05, 0.1) is 10.9 Å². The zero-order chi connectivity index (χ0) is 15.8. The molecule has 1 fully saturated rings. The lowest BCUT2D eigenvalue weighted by Crippen LogP contribution is -2.46. The van der Waals surface area contributed by atoms with Crippen molar-refractivity contribution in [1.29, 1.82) is 0 Å². The second-order valence-corrected chi connectivity index (χ2v) is 15.0. The highest BCUT2D eigenvalue weighted by atomic mass is 32.2. The van der Waals surface area contributed by atoms with E-state index in [9.17, 15) is 4.21 Å². The van der Waals surface area contributed by atoms with Gasteiger partial charge in [-0.3, -0.25) is 0 Å². The topological polar surface area (TPSA) is 38.3 Å². The van der Waals surface area contributed by atoms with Crippen LogP contribution in [-0.2, 0) is 15.4 Å². The molecule has 1 N–H and O–H groups in total. The molecule has 0 aromatic carbocycles. The van der Waals surface area contributed by atoms with Crippen molar-refractivity contribution >= 4 is 19.3 Å². The third-order valence-electron chi connectivity index (χ3n) is 4.17. The molecule has 1 unspecified atom stereocenters. The van der Waals surface area contributed by atoms with E-state index in [4.69, 9.17) is 4.43 Å². The molecule has 0 heterocycles. The third-order valence-corrected chi connectivity index (χ3v) is 10.2. The summed E-state index contributed by atoms with van der Waals surface area (Å²) in [7, 11) is -2.68. The Hall–Kier alpha value is -0.133. The fourth-order valence-corrected chi connectivity index (χ4v) is 3.61. The molecule has 20 heavy (non-hydrogen) atoms. The fourth-order valence-electron chi connectivity index (χ4n) is 1.63. The smallest absolute Gasteiger partial charge is 0.192 e. The van der Waals surface area contributed by atoms with Crippen LogP contribution in [0, 0.1) is 0 Å². The summed E-state index contributed by atoms with van der Waals surface area (Å²) in [6.45, 7) is 17.3. The van der Waals surface area contributed by atoms with Gasteiger partial charge in [-0.1, -0.05) is 20.8 Å². The van der Waals surface area contributed by atoms with E-state index < -0.39 is 19.3 Å². The van der Waals surface area contributed by atoms with Gasteiger partial charge in [-0.15, -0.1) is 0 Å². The largest absolute Gasteiger partial charge is 0.413 e. The second kappa shape index (κ2) is 5.93. The van der Waals surface area contributed by atoms with E-state index in [2.05, 4.69) is 38.6 Å². The molecule has 1 atom stereocenters. The van der Waals surface area contributed by atoms with Crippen molar-refractivity contribution in [3.63, 3.8) is 0 Å². The van der Waals surface area contributed by atoms with Crippen molar-refractivity contribution in [2.24, 2.45) is 0 Å². The highest BCUT2D eigenvalue weighted by molar-refractivity contribution is 7.84. The average molecular weight is 318 g/mol. The summed E-state index contributed by atoms with van der Waals surface area (Å²) in [6.07, 6.45) is 4.22. The first-order chi connectivity index (χ1) is 8.83. The number of hydrogen-bond acceptors (Lipinski definition) is 2. The Bertz CT molecular complexity index is 397. The third kappa shape index (κ3) is 4.71. The van der Waals surface area contributed by atoms with E-state index in [1.165, 1.54) is 5.57 Å². The molecule has 0 spiro atoms. The van der Waals surface area contributed by atoms with E-state index >= 15 is 0 Å². The minimum atomic E-state index is -1.65. The van der Waals surface area contributed by atoms with Crippen LogP contribution < -0.4 is 4.72 Å². The van der Waals surface area contributed by atoms with Gasteiger partial charge in [-0.25, -0.2) is 4.21 Å². The average Bonchev–Trinajstić information content (AvgIpc) is 2.17.